The van der Waals surface area contributed by atoms with E-state index in [2.05, 4.69) is 30.2 Å². The zero-order valence-corrected chi connectivity index (χ0v) is 14.4. The lowest BCUT2D eigenvalue weighted by Crippen LogP contribution is -2.12. The standard InChI is InChI=1S/C19H16N6O2/c1-11(26)17-24-15-5-4-14(7-16(15)25-17)23-19(27)13-9-21-18(22-10-13)12-3-2-6-20-8-12/h2-11,26H,1H3,(H,23,27)(H,24,25). The summed E-state index contributed by atoms with van der Waals surface area (Å²) in [6, 6.07) is 8.93. The monoisotopic (exact) mass is 360 g/mol. The second-order valence-corrected chi connectivity index (χ2v) is 6.02. The van der Waals surface area contributed by atoms with Crippen LogP contribution in [0, 0.1) is 0 Å². The van der Waals surface area contributed by atoms with Gasteiger partial charge in [0.2, 0.25) is 0 Å². The van der Waals surface area contributed by atoms with Gasteiger partial charge in [0.1, 0.15) is 11.9 Å². The van der Waals surface area contributed by atoms with Crippen LogP contribution in [-0.2, 0) is 0 Å². The van der Waals surface area contributed by atoms with E-state index in [4.69, 9.17) is 0 Å². The van der Waals surface area contributed by atoms with Crippen molar-refractivity contribution in [3.05, 3.63) is 66.5 Å². The van der Waals surface area contributed by atoms with Crippen molar-refractivity contribution in [1.29, 1.82) is 0 Å². The molecule has 0 aliphatic rings. The number of imidazole rings is 1. The number of hydrogen-bond donors (Lipinski definition) is 3. The summed E-state index contributed by atoms with van der Waals surface area (Å²) in [6.07, 6.45) is 5.60. The number of pyridine rings is 1. The summed E-state index contributed by atoms with van der Waals surface area (Å²) in [5, 5.41) is 12.4. The number of aliphatic hydroxyl groups is 1. The third-order valence-corrected chi connectivity index (χ3v) is 3.99. The molecule has 1 atom stereocenters. The van der Waals surface area contributed by atoms with Crippen LogP contribution in [0.1, 0.15) is 29.2 Å². The maximum atomic E-state index is 12.4. The molecule has 4 aromatic rings. The number of H-pyrrole nitrogens is 1. The van der Waals surface area contributed by atoms with E-state index in [-0.39, 0.29) is 5.91 Å². The molecule has 0 saturated carbocycles. The Morgan fingerprint density at radius 3 is 2.70 bits per heavy atom. The molecule has 0 aliphatic heterocycles. The topological polar surface area (TPSA) is 117 Å². The first-order valence-electron chi connectivity index (χ1n) is 8.31. The summed E-state index contributed by atoms with van der Waals surface area (Å²) in [5.74, 6) is 0.666. The fourth-order valence-corrected chi connectivity index (χ4v) is 2.60. The molecule has 0 spiro atoms. The maximum Gasteiger partial charge on any atom is 0.258 e. The quantitative estimate of drug-likeness (QED) is 0.515. The normalized spacial score (nSPS) is 12.1. The van der Waals surface area contributed by atoms with E-state index < -0.39 is 6.10 Å². The van der Waals surface area contributed by atoms with Gasteiger partial charge in [0.15, 0.2) is 5.82 Å². The molecule has 8 nitrogen and oxygen atoms in total. The Kier molecular flexibility index (Phi) is 4.31. The molecule has 134 valence electrons. The molecule has 0 radical (unpaired) electrons. The van der Waals surface area contributed by atoms with Gasteiger partial charge in [-0.05, 0) is 37.3 Å². The molecule has 27 heavy (non-hydrogen) atoms. The highest BCUT2D eigenvalue weighted by atomic mass is 16.3. The van der Waals surface area contributed by atoms with E-state index in [0.29, 0.717) is 28.4 Å². The van der Waals surface area contributed by atoms with E-state index in [0.717, 1.165) is 11.1 Å². The molecule has 3 N–H and O–H groups in total. The lowest BCUT2D eigenvalue weighted by Gasteiger charge is -2.05. The number of benzene rings is 1. The molecule has 0 saturated heterocycles. The summed E-state index contributed by atoms with van der Waals surface area (Å²) in [7, 11) is 0. The minimum Gasteiger partial charge on any atom is -0.385 e. The van der Waals surface area contributed by atoms with E-state index in [1.165, 1.54) is 12.4 Å². The fourth-order valence-electron chi connectivity index (χ4n) is 2.60. The average Bonchev–Trinajstić information content (AvgIpc) is 3.12. The molecule has 8 heteroatoms. The number of carbonyl (C=O) groups is 1. The van der Waals surface area contributed by atoms with Gasteiger partial charge in [-0.25, -0.2) is 15.0 Å². The summed E-state index contributed by atoms with van der Waals surface area (Å²) in [5.41, 5.74) is 3.17. The first-order chi connectivity index (χ1) is 13.1. The predicted molar refractivity (Wildman–Crippen MR) is 99.9 cm³/mol. The molecule has 3 aromatic heterocycles. The summed E-state index contributed by atoms with van der Waals surface area (Å²) in [6.45, 7) is 1.63. The maximum absolute atomic E-state index is 12.4. The van der Waals surface area contributed by atoms with Crippen molar-refractivity contribution in [2.75, 3.05) is 5.32 Å². The van der Waals surface area contributed by atoms with Crippen LogP contribution >= 0.6 is 0 Å². The van der Waals surface area contributed by atoms with Crippen LogP contribution in [0.25, 0.3) is 22.4 Å². The minimum absolute atomic E-state index is 0.317. The Morgan fingerprint density at radius 2 is 2.00 bits per heavy atom. The Balaban J connectivity index is 1.52. The highest BCUT2D eigenvalue weighted by Gasteiger charge is 2.11. The molecule has 1 aromatic carbocycles. The smallest absolute Gasteiger partial charge is 0.258 e. The number of aromatic nitrogens is 5. The molecule has 0 bridgehead atoms. The van der Waals surface area contributed by atoms with Gasteiger partial charge in [-0.3, -0.25) is 9.78 Å². The van der Waals surface area contributed by atoms with Crippen LogP contribution in [0.5, 0.6) is 0 Å². The Labute approximate surface area is 154 Å². The van der Waals surface area contributed by atoms with Crippen LogP contribution in [0.3, 0.4) is 0 Å². The van der Waals surface area contributed by atoms with Crippen LogP contribution in [0.4, 0.5) is 5.69 Å². The number of amides is 1. The van der Waals surface area contributed by atoms with Crippen molar-refractivity contribution in [2.45, 2.75) is 13.0 Å². The number of fused-ring (bicyclic) bond motifs is 1. The van der Waals surface area contributed by atoms with Crippen LogP contribution in [-0.4, -0.2) is 35.9 Å². The van der Waals surface area contributed by atoms with Crippen molar-refractivity contribution in [2.24, 2.45) is 0 Å². The molecule has 0 fully saturated rings. The average molecular weight is 360 g/mol. The van der Waals surface area contributed by atoms with Gasteiger partial charge in [-0.1, -0.05) is 0 Å². The zero-order valence-electron chi connectivity index (χ0n) is 14.4. The van der Waals surface area contributed by atoms with Gasteiger partial charge >= 0.3 is 0 Å². The lowest BCUT2D eigenvalue weighted by atomic mass is 10.2. The van der Waals surface area contributed by atoms with Crippen LogP contribution in [0.15, 0.2) is 55.1 Å². The number of nitrogens with zero attached hydrogens (tertiary/aromatic N) is 4. The Hall–Kier alpha value is -3.65. The molecule has 3 heterocycles. The van der Waals surface area contributed by atoms with Gasteiger partial charge in [-0.2, -0.15) is 0 Å². The van der Waals surface area contributed by atoms with E-state index >= 15 is 0 Å². The minimum atomic E-state index is -0.689. The van der Waals surface area contributed by atoms with E-state index in [9.17, 15) is 9.90 Å². The molecular weight excluding hydrogens is 344 g/mol. The van der Waals surface area contributed by atoms with Crippen molar-refractivity contribution >= 4 is 22.6 Å². The molecule has 1 amide bonds. The Morgan fingerprint density at radius 1 is 1.19 bits per heavy atom. The van der Waals surface area contributed by atoms with Crippen molar-refractivity contribution < 1.29 is 9.90 Å². The van der Waals surface area contributed by atoms with Crippen molar-refractivity contribution in [3.63, 3.8) is 0 Å². The lowest BCUT2D eigenvalue weighted by molar-refractivity contribution is 0.102. The molecule has 0 aliphatic carbocycles. The zero-order chi connectivity index (χ0) is 18.8. The van der Waals surface area contributed by atoms with Gasteiger partial charge in [0, 0.05) is 36.0 Å². The summed E-state index contributed by atoms with van der Waals surface area (Å²) >= 11 is 0. The van der Waals surface area contributed by atoms with Gasteiger partial charge in [-0.15, -0.1) is 0 Å². The van der Waals surface area contributed by atoms with Crippen molar-refractivity contribution in [1.82, 2.24) is 24.9 Å². The number of aromatic amines is 1. The second kappa shape index (κ2) is 6.93. The SMILES string of the molecule is CC(O)c1nc2ccc(NC(=O)c3cnc(-c4cccnc4)nc3)cc2[nH]1. The largest absolute Gasteiger partial charge is 0.385 e. The highest BCUT2D eigenvalue weighted by Crippen LogP contribution is 2.20. The predicted octanol–water partition coefficient (Wildman–Crippen LogP) is 2.72. The molecule has 4 rings (SSSR count). The van der Waals surface area contributed by atoms with Gasteiger partial charge in [0.25, 0.3) is 5.91 Å². The number of anilines is 1. The first-order valence-corrected chi connectivity index (χ1v) is 8.31. The molecule has 1 unspecified atom stereocenters. The first kappa shape index (κ1) is 16.8. The van der Waals surface area contributed by atoms with E-state index in [1.807, 2.05) is 6.07 Å². The number of carbonyl (C=O) groups excluding carboxylic acids is 1. The second-order valence-electron chi connectivity index (χ2n) is 6.02. The van der Waals surface area contributed by atoms with Crippen LogP contribution in [0.2, 0.25) is 0 Å². The summed E-state index contributed by atoms with van der Waals surface area (Å²) < 4.78 is 0. The number of rotatable bonds is 4. The molecular formula is C19H16N6O2. The summed E-state index contributed by atoms with van der Waals surface area (Å²) in [4.78, 5) is 32.2. The fraction of sp³-hybridized carbons (Fsp3) is 0.105. The van der Waals surface area contributed by atoms with Gasteiger partial charge in [0.05, 0.1) is 16.6 Å². The number of nitrogens with one attached hydrogen (secondary N) is 2. The highest BCUT2D eigenvalue weighted by molar-refractivity contribution is 6.04. The Bertz CT molecular complexity index is 1090. The third-order valence-electron chi connectivity index (χ3n) is 3.99. The number of hydrogen-bond acceptors (Lipinski definition) is 6. The van der Waals surface area contributed by atoms with E-state index in [1.54, 1.807) is 43.6 Å². The van der Waals surface area contributed by atoms with Crippen LogP contribution < -0.4 is 5.32 Å². The van der Waals surface area contributed by atoms with Crippen molar-refractivity contribution in [3.8, 4) is 11.4 Å². The third kappa shape index (κ3) is 3.51. The number of aliphatic hydroxyl groups excluding tert-OH is 1. The van der Waals surface area contributed by atoms with Gasteiger partial charge < -0.3 is 15.4 Å².